The molecule has 3 nitrogen and oxygen atoms in total. The first-order valence-electron chi connectivity index (χ1n) is 4.42. The van der Waals surface area contributed by atoms with Gasteiger partial charge in [0.25, 0.3) is 0 Å². The highest BCUT2D eigenvalue weighted by molar-refractivity contribution is 5.73. The molecule has 70 valence electrons. The van der Waals surface area contributed by atoms with Crippen molar-refractivity contribution in [1.82, 2.24) is 10.3 Å². The van der Waals surface area contributed by atoms with E-state index in [1.54, 1.807) is 6.20 Å². The quantitative estimate of drug-likeness (QED) is 0.765. The van der Waals surface area contributed by atoms with E-state index in [0.717, 1.165) is 12.1 Å². The van der Waals surface area contributed by atoms with E-state index >= 15 is 0 Å². The van der Waals surface area contributed by atoms with Gasteiger partial charge in [0.15, 0.2) is 0 Å². The minimum atomic E-state index is -0.0162. The van der Waals surface area contributed by atoms with Gasteiger partial charge in [0.2, 0.25) is 5.91 Å². The summed E-state index contributed by atoms with van der Waals surface area (Å²) < 4.78 is 0. The number of pyridine rings is 1. The second-order valence-corrected chi connectivity index (χ2v) is 2.92. The van der Waals surface area contributed by atoms with E-state index < -0.39 is 0 Å². The van der Waals surface area contributed by atoms with Crippen LogP contribution in [0.5, 0.6) is 0 Å². The zero-order chi connectivity index (χ0) is 9.68. The molecule has 0 aromatic carbocycles. The summed E-state index contributed by atoms with van der Waals surface area (Å²) in [5, 5.41) is 2.84. The van der Waals surface area contributed by atoms with Crippen molar-refractivity contribution < 1.29 is 4.79 Å². The van der Waals surface area contributed by atoms with Gasteiger partial charge in [0.05, 0.1) is 11.7 Å². The molecule has 0 bridgehead atoms. The normalized spacial score (nSPS) is 12.2. The van der Waals surface area contributed by atoms with Crippen molar-refractivity contribution in [2.24, 2.45) is 0 Å². The highest BCUT2D eigenvalue weighted by Gasteiger charge is 2.09. The maximum absolute atomic E-state index is 10.8. The molecule has 1 amide bonds. The fourth-order valence-corrected chi connectivity index (χ4v) is 1.21. The SMILES string of the molecule is CCC(NC(C)=O)c1ccccn1. The molecule has 13 heavy (non-hydrogen) atoms. The van der Waals surface area contributed by atoms with Crippen molar-refractivity contribution in [2.45, 2.75) is 26.3 Å². The Morgan fingerprint density at radius 3 is 2.85 bits per heavy atom. The largest absolute Gasteiger partial charge is 0.348 e. The van der Waals surface area contributed by atoms with Crippen LogP contribution in [0.3, 0.4) is 0 Å². The van der Waals surface area contributed by atoms with Crippen molar-refractivity contribution in [3.63, 3.8) is 0 Å². The molecule has 0 fully saturated rings. The summed E-state index contributed by atoms with van der Waals surface area (Å²) >= 11 is 0. The molecule has 1 heterocycles. The summed E-state index contributed by atoms with van der Waals surface area (Å²) in [4.78, 5) is 15.0. The zero-order valence-corrected chi connectivity index (χ0v) is 7.95. The van der Waals surface area contributed by atoms with Crippen LogP contribution in [0.4, 0.5) is 0 Å². The average molecular weight is 178 g/mol. The fraction of sp³-hybridized carbons (Fsp3) is 0.400. The number of hydrogen-bond acceptors (Lipinski definition) is 2. The van der Waals surface area contributed by atoms with Crippen LogP contribution in [0.25, 0.3) is 0 Å². The molecule has 1 N–H and O–H groups in total. The van der Waals surface area contributed by atoms with Gasteiger partial charge in [-0.2, -0.15) is 0 Å². The second-order valence-electron chi connectivity index (χ2n) is 2.92. The fourth-order valence-electron chi connectivity index (χ4n) is 1.21. The van der Waals surface area contributed by atoms with Crippen LogP contribution in [0.2, 0.25) is 0 Å². The first-order chi connectivity index (χ1) is 6.24. The molecule has 0 aliphatic carbocycles. The van der Waals surface area contributed by atoms with Gasteiger partial charge in [-0.15, -0.1) is 0 Å². The lowest BCUT2D eigenvalue weighted by molar-refractivity contribution is -0.119. The van der Waals surface area contributed by atoms with Crippen LogP contribution in [0.15, 0.2) is 24.4 Å². The summed E-state index contributed by atoms with van der Waals surface area (Å²) in [6.07, 6.45) is 2.59. The van der Waals surface area contributed by atoms with E-state index in [2.05, 4.69) is 10.3 Å². The minimum absolute atomic E-state index is 0.0162. The third-order valence-corrected chi connectivity index (χ3v) is 1.83. The average Bonchev–Trinajstić information content (AvgIpc) is 2.15. The van der Waals surface area contributed by atoms with Crippen LogP contribution in [0, 0.1) is 0 Å². The maximum Gasteiger partial charge on any atom is 0.217 e. The Morgan fingerprint density at radius 1 is 1.62 bits per heavy atom. The summed E-state index contributed by atoms with van der Waals surface area (Å²) in [5.41, 5.74) is 0.917. The number of carbonyl (C=O) groups is 1. The Morgan fingerprint density at radius 2 is 2.38 bits per heavy atom. The lowest BCUT2D eigenvalue weighted by atomic mass is 10.1. The predicted octanol–water partition coefficient (Wildman–Crippen LogP) is 1.67. The van der Waals surface area contributed by atoms with E-state index in [4.69, 9.17) is 0 Å². The molecule has 1 rings (SSSR count). The van der Waals surface area contributed by atoms with Gasteiger partial charge in [-0.05, 0) is 18.6 Å². The first-order valence-corrected chi connectivity index (χ1v) is 4.42. The van der Waals surface area contributed by atoms with Gasteiger partial charge >= 0.3 is 0 Å². The number of amides is 1. The molecule has 0 spiro atoms. The van der Waals surface area contributed by atoms with Crippen LogP contribution < -0.4 is 5.32 Å². The molecule has 1 aromatic heterocycles. The molecule has 0 saturated carbocycles. The molecular weight excluding hydrogens is 164 g/mol. The Balaban J connectivity index is 2.73. The van der Waals surface area contributed by atoms with E-state index in [-0.39, 0.29) is 11.9 Å². The molecule has 1 aromatic rings. The second kappa shape index (κ2) is 4.60. The lowest BCUT2D eigenvalue weighted by Gasteiger charge is -2.14. The van der Waals surface area contributed by atoms with E-state index in [9.17, 15) is 4.79 Å². The number of hydrogen-bond donors (Lipinski definition) is 1. The Bertz CT molecular complexity index is 272. The monoisotopic (exact) mass is 178 g/mol. The Labute approximate surface area is 78.2 Å². The molecular formula is C10H14N2O. The number of rotatable bonds is 3. The van der Waals surface area contributed by atoms with Crippen molar-refractivity contribution in [3.8, 4) is 0 Å². The van der Waals surface area contributed by atoms with Crippen molar-refractivity contribution in [2.75, 3.05) is 0 Å². The van der Waals surface area contributed by atoms with Crippen LogP contribution in [0.1, 0.15) is 32.0 Å². The smallest absolute Gasteiger partial charge is 0.217 e. The third kappa shape index (κ3) is 2.86. The van der Waals surface area contributed by atoms with Gasteiger partial charge in [-0.25, -0.2) is 0 Å². The molecule has 0 aliphatic rings. The van der Waals surface area contributed by atoms with E-state index in [0.29, 0.717) is 0 Å². The molecule has 1 atom stereocenters. The molecule has 0 aliphatic heterocycles. The van der Waals surface area contributed by atoms with Crippen LogP contribution in [-0.4, -0.2) is 10.9 Å². The van der Waals surface area contributed by atoms with Crippen LogP contribution >= 0.6 is 0 Å². The van der Waals surface area contributed by atoms with Crippen molar-refractivity contribution in [3.05, 3.63) is 30.1 Å². The number of nitrogens with one attached hydrogen (secondary N) is 1. The van der Waals surface area contributed by atoms with Gasteiger partial charge in [-0.3, -0.25) is 9.78 Å². The molecule has 1 unspecified atom stereocenters. The van der Waals surface area contributed by atoms with Crippen molar-refractivity contribution >= 4 is 5.91 Å². The number of aromatic nitrogens is 1. The maximum atomic E-state index is 10.8. The van der Waals surface area contributed by atoms with Gasteiger partial charge in [-0.1, -0.05) is 13.0 Å². The predicted molar refractivity (Wildman–Crippen MR) is 51.1 cm³/mol. The van der Waals surface area contributed by atoms with Crippen molar-refractivity contribution in [1.29, 1.82) is 0 Å². The highest BCUT2D eigenvalue weighted by atomic mass is 16.1. The summed E-state index contributed by atoms with van der Waals surface area (Å²) in [6, 6.07) is 5.75. The molecule has 0 saturated heterocycles. The zero-order valence-electron chi connectivity index (χ0n) is 7.95. The Kier molecular flexibility index (Phi) is 3.43. The summed E-state index contributed by atoms with van der Waals surface area (Å²) in [5.74, 6) is -0.0162. The van der Waals surface area contributed by atoms with Gasteiger partial charge in [0.1, 0.15) is 0 Å². The van der Waals surface area contributed by atoms with Gasteiger partial charge < -0.3 is 5.32 Å². The van der Waals surface area contributed by atoms with E-state index in [1.165, 1.54) is 6.92 Å². The van der Waals surface area contributed by atoms with Crippen LogP contribution in [-0.2, 0) is 4.79 Å². The standard InChI is InChI=1S/C10H14N2O/c1-3-9(12-8(2)13)10-6-4-5-7-11-10/h4-7,9H,3H2,1-2H3,(H,12,13). The third-order valence-electron chi connectivity index (χ3n) is 1.83. The summed E-state index contributed by atoms with van der Waals surface area (Å²) in [7, 11) is 0. The van der Waals surface area contributed by atoms with E-state index in [1.807, 2.05) is 25.1 Å². The number of carbonyl (C=O) groups excluding carboxylic acids is 1. The lowest BCUT2D eigenvalue weighted by Crippen LogP contribution is -2.26. The Hall–Kier alpha value is -1.38. The molecule has 0 radical (unpaired) electrons. The molecule has 3 heteroatoms. The van der Waals surface area contributed by atoms with Gasteiger partial charge in [0, 0.05) is 13.1 Å². The summed E-state index contributed by atoms with van der Waals surface area (Å²) in [6.45, 7) is 3.54. The topological polar surface area (TPSA) is 42.0 Å². The first kappa shape index (κ1) is 9.71. The highest BCUT2D eigenvalue weighted by Crippen LogP contribution is 2.12. The minimum Gasteiger partial charge on any atom is -0.348 e. The number of nitrogens with zero attached hydrogens (tertiary/aromatic N) is 1.